The topological polar surface area (TPSA) is 86.5 Å². The smallest absolute Gasteiger partial charge is 0.265 e. The number of nitrogens with zero attached hydrogens (tertiary/aromatic N) is 2. The number of ether oxygens (including phenoxy) is 2. The van der Waals surface area contributed by atoms with Crippen molar-refractivity contribution >= 4 is 5.91 Å². The minimum atomic E-state index is -0.776. The van der Waals surface area contributed by atoms with E-state index in [1.807, 2.05) is 6.07 Å². The van der Waals surface area contributed by atoms with E-state index in [-0.39, 0.29) is 24.2 Å². The molecular weight excluding hydrogens is 353 g/mol. The number of amides is 1. The van der Waals surface area contributed by atoms with E-state index in [0.29, 0.717) is 22.9 Å². The van der Waals surface area contributed by atoms with E-state index in [4.69, 9.17) is 14.0 Å². The Bertz CT molecular complexity index is 958. The summed E-state index contributed by atoms with van der Waals surface area (Å²) in [6.45, 7) is 1.83. The van der Waals surface area contributed by atoms with Crippen LogP contribution in [0.3, 0.4) is 0 Å². The fourth-order valence-corrected chi connectivity index (χ4v) is 2.64. The van der Waals surface area contributed by atoms with Crippen molar-refractivity contribution in [3.63, 3.8) is 0 Å². The molecule has 27 heavy (non-hydrogen) atoms. The summed E-state index contributed by atoms with van der Waals surface area (Å²) in [5.74, 6) is 0.985. The SMILES string of the molecule is C[C@H](NC(=O)[C@H]1COc2ccccc2O1)c1nc(-c2ccc(F)cc2)no1. The van der Waals surface area contributed by atoms with Crippen molar-refractivity contribution < 1.29 is 23.2 Å². The lowest BCUT2D eigenvalue weighted by Gasteiger charge is -2.26. The lowest BCUT2D eigenvalue weighted by atomic mass is 10.2. The van der Waals surface area contributed by atoms with Crippen LogP contribution in [0, 0.1) is 5.82 Å². The minimum Gasteiger partial charge on any atom is -0.485 e. The van der Waals surface area contributed by atoms with Crippen molar-refractivity contribution in [3.05, 3.63) is 60.2 Å². The first kappa shape index (κ1) is 17.0. The first-order valence-electron chi connectivity index (χ1n) is 8.38. The van der Waals surface area contributed by atoms with Gasteiger partial charge in [0.05, 0.1) is 0 Å². The number of hydrogen-bond acceptors (Lipinski definition) is 6. The highest BCUT2D eigenvalue weighted by Crippen LogP contribution is 2.31. The highest BCUT2D eigenvalue weighted by molar-refractivity contribution is 5.82. The maximum absolute atomic E-state index is 13.0. The standard InChI is InChI=1S/C19H16FN3O4/c1-11(19-22-17(23-27-19)12-6-8-13(20)9-7-12)21-18(24)16-10-25-14-4-2-3-5-15(14)26-16/h2-9,11,16H,10H2,1H3,(H,21,24)/t11-,16+/m0/s1. The van der Waals surface area contributed by atoms with Gasteiger partial charge in [-0.15, -0.1) is 0 Å². The average Bonchev–Trinajstić information content (AvgIpc) is 3.18. The summed E-state index contributed by atoms with van der Waals surface area (Å²) in [6.07, 6.45) is -0.776. The van der Waals surface area contributed by atoms with Gasteiger partial charge >= 0.3 is 0 Å². The van der Waals surface area contributed by atoms with Crippen molar-refractivity contribution in [2.45, 2.75) is 19.1 Å². The van der Waals surface area contributed by atoms with Gasteiger partial charge in [0.25, 0.3) is 5.91 Å². The highest BCUT2D eigenvalue weighted by Gasteiger charge is 2.29. The molecule has 0 radical (unpaired) electrons. The molecular formula is C19H16FN3O4. The van der Waals surface area contributed by atoms with Crippen LogP contribution >= 0.6 is 0 Å². The van der Waals surface area contributed by atoms with Crippen LogP contribution in [0.4, 0.5) is 4.39 Å². The van der Waals surface area contributed by atoms with Gasteiger partial charge in [-0.05, 0) is 43.3 Å². The van der Waals surface area contributed by atoms with Gasteiger partial charge in [-0.3, -0.25) is 4.79 Å². The number of fused-ring (bicyclic) bond motifs is 1. The van der Waals surface area contributed by atoms with Gasteiger partial charge in [0.15, 0.2) is 11.5 Å². The van der Waals surface area contributed by atoms with Crippen LogP contribution in [0.2, 0.25) is 0 Å². The number of carbonyl (C=O) groups excluding carboxylic acids is 1. The van der Waals surface area contributed by atoms with Gasteiger partial charge in [-0.25, -0.2) is 4.39 Å². The lowest BCUT2D eigenvalue weighted by molar-refractivity contribution is -0.131. The van der Waals surface area contributed by atoms with Gasteiger partial charge in [0.2, 0.25) is 17.8 Å². The van der Waals surface area contributed by atoms with Crippen molar-refractivity contribution in [1.29, 1.82) is 0 Å². The van der Waals surface area contributed by atoms with Gasteiger partial charge in [-0.2, -0.15) is 4.98 Å². The van der Waals surface area contributed by atoms with Crippen LogP contribution in [0.5, 0.6) is 11.5 Å². The molecule has 2 aromatic carbocycles. The maximum atomic E-state index is 13.0. The van der Waals surface area contributed by atoms with Crippen molar-refractivity contribution in [3.8, 4) is 22.9 Å². The van der Waals surface area contributed by atoms with Gasteiger partial charge in [0, 0.05) is 5.56 Å². The largest absolute Gasteiger partial charge is 0.485 e. The summed E-state index contributed by atoms with van der Waals surface area (Å²) in [5.41, 5.74) is 0.616. The molecule has 3 aromatic rings. The second kappa shape index (κ2) is 7.06. The first-order valence-corrected chi connectivity index (χ1v) is 8.38. The molecule has 1 aliphatic heterocycles. The number of halogens is 1. The Kier molecular flexibility index (Phi) is 4.45. The summed E-state index contributed by atoms with van der Waals surface area (Å²) in [6, 6.07) is 12.4. The number of rotatable bonds is 4. The van der Waals surface area contributed by atoms with Crippen molar-refractivity contribution in [1.82, 2.24) is 15.5 Å². The summed E-state index contributed by atoms with van der Waals surface area (Å²) < 4.78 is 29.5. The first-order chi connectivity index (χ1) is 13.1. The van der Waals surface area contributed by atoms with E-state index in [9.17, 15) is 9.18 Å². The molecule has 7 nitrogen and oxygen atoms in total. The molecule has 1 aliphatic rings. The molecule has 0 aliphatic carbocycles. The predicted molar refractivity (Wildman–Crippen MR) is 92.6 cm³/mol. The van der Waals surface area contributed by atoms with E-state index < -0.39 is 12.1 Å². The third-order valence-corrected chi connectivity index (χ3v) is 4.07. The second-order valence-corrected chi connectivity index (χ2v) is 6.06. The van der Waals surface area contributed by atoms with Gasteiger partial charge in [0.1, 0.15) is 18.5 Å². The van der Waals surface area contributed by atoms with Crippen molar-refractivity contribution in [2.24, 2.45) is 0 Å². The monoisotopic (exact) mass is 369 g/mol. The normalized spacial score (nSPS) is 16.6. The Balaban J connectivity index is 1.41. The number of benzene rings is 2. The Morgan fingerprint density at radius 1 is 1.19 bits per heavy atom. The number of carbonyl (C=O) groups is 1. The average molecular weight is 369 g/mol. The summed E-state index contributed by atoms with van der Waals surface area (Å²) in [7, 11) is 0. The molecule has 1 N–H and O–H groups in total. The predicted octanol–water partition coefficient (Wildman–Crippen LogP) is 2.89. The number of aromatic nitrogens is 2. The van der Waals surface area contributed by atoms with E-state index in [2.05, 4.69) is 15.5 Å². The summed E-state index contributed by atoms with van der Waals surface area (Å²) in [5, 5.41) is 6.64. The lowest BCUT2D eigenvalue weighted by Crippen LogP contribution is -2.44. The number of para-hydroxylation sites is 2. The molecule has 1 aromatic heterocycles. The zero-order valence-corrected chi connectivity index (χ0v) is 14.4. The van der Waals surface area contributed by atoms with Crippen LogP contribution in [0.15, 0.2) is 53.1 Å². The summed E-state index contributed by atoms with van der Waals surface area (Å²) >= 11 is 0. The Labute approximate surface area is 154 Å². The van der Waals surface area contributed by atoms with E-state index in [1.165, 1.54) is 12.1 Å². The van der Waals surface area contributed by atoms with Crippen molar-refractivity contribution in [2.75, 3.05) is 6.61 Å². The molecule has 0 spiro atoms. The van der Waals surface area contributed by atoms with Crippen LogP contribution < -0.4 is 14.8 Å². The highest BCUT2D eigenvalue weighted by atomic mass is 19.1. The molecule has 4 rings (SSSR count). The molecule has 0 fully saturated rings. The fourth-order valence-electron chi connectivity index (χ4n) is 2.64. The quantitative estimate of drug-likeness (QED) is 0.761. The van der Waals surface area contributed by atoms with E-state index in [1.54, 1.807) is 37.3 Å². The molecule has 2 atom stereocenters. The van der Waals surface area contributed by atoms with Crippen LogP contribution in [-0.4, -0.2) is 28.8 Å². The third kappa shape index (κ3) is 3.59. The number of hydrogen-bond donors (Lipinski definition) is 1. The maximum Gasteiger partial charge on any atom is 0.265 e. The van der Waals surface area contributed by atoms with Gasteiger partial charge < -0.3 is 19.3 Å². The van der Waals surface area contributed by atoms with Crippen LogP contribution in [0.1, 0.15) is 18.9 Å². The van der Waals surface area contributed by atoms with Crippen LogP contribution in [-0.2, 0) is 4.79 Å². The van der Waals surface area contributed by atoms with E-state index >= 15 is 0 Å². The molecule has 0 unspecified atom stereocenters. The third-order valence-electron chi connectivity index (χ3n) is 4.07. The zero-order valence-electron chi connectivity index (χ0n) is 14.4. The van der Waals surface area contributed by atoms with Crippen LogP contribution in [0.25, 0.3) is 11.4 Å². The molecule has 0 saturated carbocycles. The second-order valence-electron chi connectivity index (χ2n) is 6.06. The zero-order chi connectivity index (χ0) is 18.8. The van der Waals surface area contributed by atoms with Gasteiger partial charge in [-0.1, -0.05) is 17.3 Å². The molecule has 0 bridgehead atoms. The fraction of sp³-hybridized carbons (Fsp3) is 0.211. The Morgan fingerprint density at radius 2 is 1.93 bits per heavy atom. The molecule has 8 heteroatoms. The Hall–Kier alpha value is -3.42. The minimum absolute atomic E-state index is 0.111. The molecule has 2 heterocycles. The molecule has 138 valence electrons. The molecule has 0 saturated heterocycles. The Morgan fingerprint density at radius 3 is 2.70 bits per heavy atom. The summed E-state index contributed by atoms with van der Waals surface area (Å²) in [4.78, 5) is 16.7. The number of nitrogens with one attached hydrogen (secondary N) is 1. The molecule has 1 amide bonds. The van der Waals surface area contributed by atoms with E-state index in [0.717, 1.165) is 0 Å².